The lowest BCUT2D eigenvalue weighted by atomic mass is 9.98. The van der Waals surface area contributed by atoms with E-state index in [2.05, 4.69) is 16.0 Å². The highest BCUT2D eigenvalue weighted by Gasteiger charge is 2.28. The van der Waals surface area contributed by atoms with Crippen molar-refractivity contribution in [2.24, 2.45) is 0 Å². The van der Waals surface area contributed by atoms with E-state index in [1.165, 1.54) is 6.92 Å². The molecule has 1 atom stereocenters. The molecule has 3 aromatic rings. The van der Waals surface area contributed by atoms with Gasteiger partial charge in [-0.25, -0.2) is 0 Å². The first-order valence-corrected chi connectivity index (χ1v) is 11.0. The van der Waals surface area contributed by atoms with Crippen LogP contribution in [-0.4, -0.2) is 42.3 Å². The number of rotatable bonds is 6. The largest absolute Gasteiger partial charge is 0.493 e. The summed E-state index contributed by atoms with van der Waals surface area (Å²) >= 11 is 6.30. The summed E-state index contributed by atoms with van der Waals surface area (Å²) in [6.45, 7) is 2.05. The number of amides is 1. The lowest BCUT2D eigenvalue weighted by Crippen LogP contribution is -2.22. The van der Waals surface area contributed by atoms with Crippen molar-refractivity contribution in [1.29, 1.82) is 0 Å². The average Bonchev–Trinajstić information content (AvgIpc) is 3.21. The van der Waals surface area contributed by atoms with E-state index in [1.807, 2.05) is 48.7 Å². The third-order valence-corrected chi connectivity index (χ3v) is 5.43. The van der Waals surface area contributed by atoms with Crippen LogP contribution in [0.5, 0.6) is 11.5 Å². The molecule has 0 spiro atoms. The molecule has 0 aliphatic carbocycles. The Hall–Kier alpha value is -3.49. The van der Waals surface area contributed by atoms with Gasteiger partial charge in [0.15, 0.2) is 11.5 Å². The maximum atomic E-state index is 10.1. The molecule has 1 aliphatic heterocycles. The number of methoxy groups -OCH3 is 2. The predicted octanol–water partition coefficient (Wildman–Crippen LogP) is 4.36. The maximum absolute atomic E-state index is 10.1. The average molecular weight is 487 g/mol. The number of hydrogen-bond acceptors (Lipinski definition) is 5. The van der Waals surface area contributed by atoms with Crippen LogP contribution in [0, 0.1) is 0 Å². The molecule has 1 amide bonds. The number of carboxylic acid groups (broad SMARTS) is 1. The van der Waals surface area contributed by atoms with E-state index in [0.717, 1.165) is 22.5 Å². The smallest absolute Gasteiger partial charge is 0.305 e. The van der Waals surface area contributed by atoms with Gasteiger partial charge in [0.05, 0.1) is 32.9 Å². The number of carbonyl (C=O) groups is 2. The van der Waals surface area contributed by atoms with Crippen LogP contribution in [0.15, 0.2) is 54.7 Å². The number of carbonyl (C=O) groups excluding carboxylic acids is 1. The second-order valence-corrected chi connectivity index (χ2v) is 7.91. The van der Waals surface area contributed by atoms with Gasteiger partial charge < -0.3 is 29.2 Å². The Kier molecular flexibility index (Phi) is 8.56. The Balaban J connectivity index is 0.000000309. The number of halogens is 1. The number of nitrogens with one attached hydrogen (secondary N) is 1. The molecule has 0 bridgehead atoms. The third kappa shape index (κ3) is 5.89. The summed E-state index contributed by atoms with van der Waals surface area (Å²) in [7, 11) is 3.27. The summed E-state index contributed by atoms with van der Waals surface area (Å²) in [6, 6.07) is 15.8. The Morgan fingerprint density at radius 2 is 1.94 bits per heavy atom. The van der Waals surface area contributed by atoms with Crippen molar-refractivity contribution in [3.8, 4) is 17.2 Å². The van der Waals surface area contributed by atoms with E-state index < -0.39 is 5.97 Å². The number of para-hydroxylation sites is 1. The van der Waals surface area contributed by atoms with Crippen LogP contribution in [0.25, 0.3) is 5.69 Å². The third-order valence-electron chi connectivity index (χ3n) is 5.19. The van der Waals surface area contributed by atoms with Crippen molar-refractivity contribution < 1.29 is 28.9 Å². The normalized spacial score (nSPS) is 13.9. The maximum Gasteiger partial charge on any atom is 0.305 e. The van der Waals surface area contributed by atoms with Gasteiger partial charge >= 0.3 is 5.97 Å². The molecule has 0 unspecified atom stereocenters. The molecule has 180 valence electrons. The van der Waals surface area contributed by atoms with Gasteiger partial charge in [0.1, 0.15) is 6.10 Å². The Morgan fingerprint density at radius 3 is 2.62 bits per heavy atom. The summed E-state index contributed by atoms with van der Waals surface area (Å²) in [5.74, 6) is 0.253. The second-order valence-electron chi connectivity index (χ2n) is 7.47. The summed E-state index contributed by atoms with van der Waals surface area (Å²) in [6.07, 6.45) is 1.72. The number of carboxylic acids is 1. The molecule has 2 N–H and O–H groups in total. The molecule has 1 aliphatic rings. The molecule has 1 aromatic heterocycles. The van der Waals surface area contributed by atoms with Gasteiger partial charge in [0.25, 0.3) is 0 Å². The molecule has 9 heteroatoms. The van der Waals surface area contributed by atoms with Gasteiger partial charge in [-0.05, 0) is 36.4 Å². The minimum absolute atomic E-state index is 0.0143. The number of nitrogens with zero attached hydrogens (tertiary/aromatic N) is 1. The van der Waals surface area contributed by atoms with E-state index in [4.69, 9.17) is 30.9 Å². The molecule has 34 heavy (non-hydrogen) atoms. The summed E-state index contributed by atoms with van der Waals surface area (Å²) in [5, 5.41) is 11.1. The fourth-order valence-corrected chi connectivity index (χ4v) is 3.88. The number of benzene rings is 2. The van der Waals surface area contributed by atoms with Crippen molar-refractivity contribution in [2.45, 2.75) is 26.1 Å². The molecule has 4 rings (SSSR count). The molecule has 2 heterocycles. The van der Waals surface area contributed by atoms with Crippen molar-refractivity contribution in [3.63, 3.8) is 0 Å². The van der Waals surface area contributed by atoms with E-state index in [1.54, 1.807) is 14.2 Å². The summed E-state index contributed by atoms with van der Waals surface area (Å²) in [4.78, 5) is 20.0. The van der Waals surface area contributed by atoms with Crippen LogP contribution >= 0.6 is 11.6 Å². The highest BCUT2D eigenvalue weighted by Crippen LogP contribution is 2.43. The highest BCUT2D eigenvalue weighted by molar-refractivity contribution is 6.30. The van der Waals surface area contributed by atoms with E-state index in [0.29, 0.717) is 23.1 Å². The van der Waals surface area contributed by atoms with Gasteiger partial charge in [-0.1, -0.05) is 23.7 Å². The van der Waals surface area contributed by atoms with E-state index in [9.17, 15) is 9.59 Å². The van der Waals surface area contributed by atoms with Gasteiger partial charge in [-0.15, -0.1) is 0 Å². The lowest BCUT2D eigenvalue weighted by molar-refractivity contribution is -0.136. The monoisotopic (exact) mass is 486 g/mol. The molecule has 8 nitrogen and oxygen atoms in total. The van der Waals surface area contributed by atoms with Crippen molar-refractivity contribution in [3.05, 3.63) is 76.6 Å². The SMILES string of the molecule is CC(=O)NCCC(=O)O.COc1cccc([C@H]2OCc3cccn3-c3ccc(Cl)cc32)c1OC. The van der Waals surface area contributed by atoms with Gasteiger partial charge in [0, 0.05) is 41.5 Å². The number of aliphatic carboxylic acids is 1. The predicted molar refractivity (Wildman–Crippen MR) is 128 cm³/mol. The van der Waals surface area contributed by atoms with Crippen LogP contribution in [0.1, 0.15) is 36.3 Å². The Labute approximate surface area is 203 Å². The molecule has 0 saturated carbocycles. The number of ether oxygens (including phenoxy) is 3. The lowest BCUT2D eigenvalue weighted by Gasteiger charge is -2.22. The van der Waals surface area contributed by atoms with E-state index >= 15 is 0 Å². The van der Waals surface area contributed by atoms with Crippen LogP contribution in [0.2, 0.25) is 5.02 Å². The van der Waals surface area contributed by atoms with Crippen LogP contribution in [0.3, 0.4) is 0 Å². The number of hydrogen-bond donors (Lipinski definition) is 2. The summed E-state index contributed by atoms with van der Waals surface area (Å²) < 4.78 is 19.5. The minimum atomic E-state index is -0.899. The fourth-order valence-electron chi connectivity index (χ4n) is 3.70. The Morgan fingerprint density at radius 1 is 1.15 bits per heavy atom. The standard InChI is InChI=1S/C20H18ClNO3.C5H9NO3/c1-23-18-7-3-6-15(20(18)24-2)19-16-11-13(21)8-9-17(16)22-10-4-5-14(22)12-25-19;1-4(7)6-3-2-5(8)9/h3-11,19H,12H2,1-2H3;2-3H2,1H3,(H,6,7)(H,8,9)/t19-;/m1./s1. The van der Waals surface area contributed by atoms with E-state index in [-0.39, 0.29) is 25.0 Å². The zero-order chi connectivity index (χ0) is 24.7. The highest BCUT2D eigenvalue weighted by atomic mass is 35.5. The molecule has 0 radical (unpaired) electrons. The first kappa shape index (κ1) is 25.1. The topological polar surface area (TPSA) is 99.0 Å². The van der Waals surface area contributed by atoms with Gasteiger partial charge in [0.2, 0.25) is 5.91 Å². The van der Waals surface area contributed by atoms with Gasteiger partial charge in [-0.3, -0.25) is 9.59 Å². The molecule has 2 aromatic carbocycles. The van der Waals surface area contributed by atoms with Crippen LogP contribution in [0.4, 0.5) is 0 Å². The zero-order valence-corrected chi connectivity index (χ0v) is 20.0. The number of fused-ring (bicyclic) bond motifs is 3. The quantitative estimate of drug-likeness (QED) is 0.537. The van der Waals surface area contributed by atoms with Crippen molar-refractivity contribution >= 4 is 23.5 Å². The summed E-state index contributed by atoms with van der Waals surface area (Å²) in [5.41, 5.74) is 4.05. The van der Waals surface area contributed by atoms with Gasteiger partial charge in [-0.2, -0.15) is 0 Å². The fraction of sp³-hybridized carbons (Fsp3) is 0.280. The molecular formula is C25H27ClN2O6. The second kappa shape index (κ2) is 11.6. The van der Waals surface area contributed by atoms with Crippen molar-refractivity contribution in [2.75, 3.05) is 20.8 Å². The zero-order valence-electron chi connectivity index (χ0n) is 19.2. The first-order valence-electron chi connectivity index (χ1n) is 10.6. The minimum Gasteiger partial charge on any atom is -0.493 e. The molecule has 0 fully saturated rings. The first-order chi connectivity index (χ1) is 16.3. The van der Waals surface area contributed by atoms with Crippen molar-refractivity contribution in [1.82, 2.24) is 9.88 Å². The number of aromatic nitrogens is 1. The molecule has 0 saturated heterocycles. The Bertz CT molecular complexity index is 1150. The molecular weight excluding hydrogens is 460 g/mol. The van der Waals surface area contributed by atoms with Crippen LogP contribution < -0.4 is 14.8 Å². The van der Waals surface area contributed by atoms with Crippen LogP contribution in [-0.2, 0) is 20.9 Å².